The Morgan fingerprint density at radius 2 is 1.84 bits per heavy atom. The summed E-state index contributed by atoms with van der Waals surface area (Å²) in [6.45, 7) is 0.557. The lowest BCUT2D eigenvalue weighted by atomic mass is 9.93. The average molecular weight is 612 g/mol. The number of primary amides is 1. The number of allylic oxidation sites excluding steroid dienone is 1. The Kier molecular flexibility index (Phi) is 8.50. The highest BCUT2D eigenvalue weighted by Crippen LogP contribution is 2.46. The fourth-order valence-corrected chi connectivity index (χ4v) is 6.79. The summed E-state index contributed by atoms with van der Waals surface area (Å²) < 4.78 is 12.2. The molecule has 0 radical (unpaired) electrons. The number of pyridine rings is 1. The number of aromatic nitrogens is 1. The molecule has 1 aliphatic heterocycles. The van der Waals surface area contributed by atoms with Crippen LogP contribution in [-0.4, -0.2) is 72.1 Å². The molecular formula is C35H41N5O5. The smallest absolute Gasteiger partial charge is 0.243 e. The molecule has 10 nitrogen and oxygen atoms in total. The molecule has 5 unspecified atom stereocenters. The first-order valence-electron chi connectivity index (χ1n) is 15.7. The molecule has 2 heterocycles. The SMILES string of the molecule is COc1ccc2c(OC3CC4C(=O)NC5(C(N)=O)CC5C=CCCCCN(N(C)C)C(=O)C4C3)cc(-c3ccccc3)nc2c1. The van der Waals surface area contributed by atoms with Crippen molar-refractivity contribution in [2.75, 3.05) is 27.7 Å². The van der Waals surface area contributed by atoms with Crippen LogP contribution in [-0.2, 0) is 14.4 Å². The van der Waals surface area contributed by atoms with Crippen molar-refractivity contribution in [1.29, 1.82) is 0 Å². The van der Waals surface area contributed by atoms with E-state index < -0.39 is 29.4 Å². The predicted octanol–water partition coefficient (Wildman–Crippen LogP) is 4.09. The molecule has 2 fully saturated rings. The number of methoxy groups -OCH3 is 1. The number of nitrogens with zero attached hydrogens (tertiary/aromatic N) is 3. The number of amides is 3. The minimum Gasteiger partial charge on any atom is -0.497 e. The summed E-state index contributed by atoms with van der Waals surface area (Å²) in [5, 5.41) is 7.32. The molecule has 0 saturated heterocycles. The molecule has 3 aromatic rings. The maximum Gasteiger partial charge on any atom is 0.243 e. The molecule has 0 bridgehead atoms. The van der Waals surface area contributed by atoms with E-state index in [4.69, 9.17) is 20.2 Å². The molecule has 2 saturated carbocycles. The Labute approximate surface area is 263 Å². The third-order valence-corrected chi connectivity index (χ3v) is 9.41. The Balaban J connectivity index is 1.35. The van der Waals surface area contributed by atoms with Gasteiger partial charge in [0, 0.05) is 49.6 Å². The molecule has 1 aromatic heterocycles. The normalized spacial score (nSPS) is 27.0. The monoisotopic (exact) mass is 611 g/mol. The summed E-state index contributed by atoms with van der Waals surface area (Å²) in [4.78, 5) is 45.5. The van der Waals surface area contributed by atoms with Crippen LogP contribution < -0.4 is 20.5 Å². The Hall–Kier alpha value is -4.44. The lowest BCUT2D eigenvalue weighted by Crippen LogP contribution is -2.52. The van der Waals surface area contributed by atoms with Gasteiger partial charge in [-0.25, -0.2) is 9.99 Å². The molecule has 3 N–H and O–H groups in total. The number of ether oxygens (including phenoxy) is 2. The number of carbonyl (C=O) groups is 3. The van der Waals surface area contributed by atoms with Crippen LogP contribution >= 0.6 is 0 Å². The highest BCUT2D eigenvalue weighted by atomic mass is 16.5. The topological polar surface area (TPSA) is 127 Å². The summed E-state index contributed by atoms with van der Waals surface area (Å²) in [6.07, 6.45) is 7.31. The molecule has 2 aromatic carbocycles. The lowest BCUT2D eigenvalue weighted by Gasteiger charge is -2.33. The predicted molar refractivity (Wildman–Crippen MR) is 171 cm³/mol. The molecule has 2 aliphatic carbocycles. The standard InChI is InChI=1S/C35H41N5O5/c1-39(2)40-16-10-5-4-9-13-23-21-35(23,34(36)43)38-32(41)27-17-25(18-28(27)33(40)42)45-31-20-29(22-11-7-6-8-12-22)37-30-19-24(44-3)14-15-26(30)31/h6-9,11-15,19-20,23,25,27-28H,4-5,10,16-18,21H2,1-3H3,(H2,36,43)(H,38,41). The second-order valence-electron chi connectivity index (χ2n) is 12.5. The van der Waals surface area contributed by atoms with E-state index in [1.54, 1.807) is 17.1 Å². The zero-order chi connectivity index (χ0) is 31.7. The van der Waals surface area contributed by atoms with Gasteiger partial charge in [0.15, 0.2) is 0 Å². The summed E-state index contributed by atoms with van der Waals surface area (Å²) in [7, 11) is 5.31. The van der Waals surface area contributed by atoms with Crippen LogP contribution in [0, 0.1) is 17.8 Å². The molecule has 236 valence electrons. The van der Waals surface area contributed by atoms with E-state index in [-0.39, 0.29) is 17.7 Å². The van der Waals surface area contributed by atoms with Gasteiger partial charge in [-0.2, -0.15) is 0 Å². The van der Waals surface area contributed by atoms with Gasteiger partial charge in [-0.15, -0.1) is 0 Å². The van der Waals surface area contributed by atoms with Crippen LogP contribution in [0.4, 0.5) is 0 Å². The second-order valence-corrected chi connectivity index (χ2v) is 12.5. The van der Waals surface area contributed by atoms with Crippen molar-refractivity contribution in [1.82, 2.24) is 20.3 Å². The minimum absolute atomic E-state index is 0.117. The van der Waals surface area contributed by atoms with Crippen molar-refractivity contribution in [3.8, 4) is 22.8 Å². The van der Waals surface area contributed by atoms with Crippen LogP contribution in [0.2, 0.25) is 0 Å². The third kappa shape index (κ3) is 6.11. The minimum atomic E-state index is -1.11. The zero-order valence-corrected chi connectivity index (χ0v) is 26.1. The van der Waals surface area contributed by atoms with Crippen LogP contribution in [0.1, 0.15) is 38.5 Å². The Morgan fingerprint density at radius 3 is 2.58 bits per heavy atom. The molecular weight excluding hydrogens is 570 g/mol. The number of fused-ring (bicyclic) bond motifs is 3. The van der Waals surface area contributed by atoms with Crippen molar-refractivity contribution >= 4 is 28.6 Å². The summed E-state index contributed by atoms with van der Waals surface area (Å²) in [5.41, 5.74) is 7.10. The molecule has 45 heavy (non-hydrogen) atoms. The number of nitrogens with one attached hydrogen (secondary N) is 1. The maximum atomic E-state index is 14.1. The van der Waals surface area contributed by atoms with Crippen LogP contribution in [0.15, 0.2) is 66.7 Å². The fourth-order valence-electron chi connectivity index (χ4n) is 6.79. The van der Waals surface area contributed by atoms with Gasteiger partial charge in [0.25, 0.3) is 0 Å². The van der Waals surface area contributed by atoms with E-state index in [9.17, 15) is 14.4 Å². The largest absolute Gasteiger partial charge is 0.497 e. The Morgan fingerprint density at radius 1 is 1.07 bits per heavy atom. The van der Waals surface area contributed by atoms with Crippen LogP contribution in [0.25, 0.3) is 22.2 Å². The molecule has 10 heteroatoms. The fraction of sp³-hybridized carbons (Fsp3) is 0.429. The van der Waals surface area contributed by atoms with Crippen molar-refractivity contribution in [2.45, 2.75) is 50.2 Å². The zero-order valence-electron chi connectivity index (χ0n) is 26.1. The third-order valence-electron chi connectivity index (χ3n) is 9.41. The molecule has 3 aliphatic rings. The van der Waals surface area contributed by atoms with E-state index >= 15 is 0 Å². The van der Waals surface area contributed by atoms with Crippen LogP contribution in [0.3, 0.4) is 0 Å². The number of hydrogen-bond acceptors (Lipinski definition) is 7. The molecule has 0 spiro atoms. The van der Waals surface area contributed by atoms with Gasteiger partial charge in [-0.05, 0) is 50.7 Å². The van der Waals surface area contributed by atoms with E-state index in [0.717, 1.165) is 35.9 Å². The van der Waals surface area contributed by atoms with Gasteiger partial charge in [0.2, 0.25) is 17.7 Å². The quantitative estimate of drug-likeness (QED) is 0.402. The average Bonchev–Trinajstić information content (AvgIpc) is 3.57. The first kappa shape index (κ1) is 30.6. The highest BCUT2D eigenvalue weighted by molar-refractivity contribution is 5.96. The maximum absolute atomic E-state index is 14.1. The number of benzene rings is 2. The van der Waals surface area contributed by atoms with Crippen molar-refractivity contribution < 1.29 is 23.9 Å². The first-order chi connectivity index (χ1) is 21.7. The van der Waals surface area contributed by atoms with E-state index in [1.807, 2.05) is 74.8 Å². The van der Waals surface area contributed by atoms with Crippen molar-refractivity contribution in [3.05, 3.63) is 66.7 Å². The molecule has 6 rings (SSSR count). The van der Waals surface area contributed by atoms with Gasteiger partial charge in [-0.1, -0.05) is 42.5 Å². The highest BCUT2D eigenvalue weighted by Gasteiger charge is 2.60. The number of carbonyl (C=O) groups excluding carboxylic acids is 3. The van der Waals surface area contributed by atoms with Crippen molar-refractivity contribution in [3.63, 3.8) is 0 Å². The molecule has 3 amide bonds. The first-order valence-corrected chi connectivity index (χ1v) is 15.7. The lowest BCUT2D eigenvalue weighted by molar-refractivity contribution is -0.153. The van der Waals surface area contributed by atoms with E-state index in [2.05, 4.69) is 11.4 Å². The van der Waals surface area contributed by atoms with E-state index in [1.165, 1.54) is 0 Å². The number of hydrazine groups is 1. The van der Waals surface area contributed by atoms with Gasteiger partial charge < -0.3 is 20.5 Å². The number of hydrogen-bond donors (Lipinski definition) is 2. The number of nitrogens with two attached hydrogens (primary N) is 1. The number of rotatable bonds is 6. The van der Waals surface area contributed by atoms with Gasteiger partial charge in [0.1, 0.15) is 23.1 Å². The van der Waals surface area contributed by atoms with Gasteiger partial charge >= 0.3 is 0 Å². The molecule has 5 atom stereocenters. The summed E-state index contributed by atoms with van der Waals surface area (Å²) in [5.74, 6) is -1.15. The Bertz CT molecular complexity index is 1630. The second kappa shape index (κ2) is 12.5. The van der Waals surface area contributed by atoms with Gasteiger partial charge in [-0.3, -0.25) is 19.4 Å². The summed E-state index contributed by atoms with van der Waals surface area (Å²) >= 11 is 0. The summed E-state index contributed by atoms with van der Waals surface area (Å²) in [6, 6.07) is 17.4. The van der Waals surface area contributed by atoms with E-state index in [0.29, 0.717) is 42.8 Å². The van der Waals surface area contributed by atoms with Gasteiger partial charge in [0.05, 0.1) is 30.2 Å². The van der Waals surface area contributed by atoms with Crippen LogP contribution in [0.5, 0.6) is 11.5 Å². The van der Waals surface area contributed by atoms with Crippen molar-refractivity contribution in [2.24, 2.45) is 23.5 Å².